The molecule has 1 atom stereocenters. The van der Waals surface area contributed by atoms with Crippen LogP contribution in [0.3, 0.4) is 0 Å². The van der Waals surface area contributed by atoms with Crippen LogP contribution >= 0.6 is 0 Å². The van der Waals surface area contributed by atoms with Crippen molar-refractivity contribution in [3.63, 3.8) is 0 Å². The second-order valence-corrected chi connectivity index (χ2v) is 6.04. The van der Waals surface area contributed by atoms with Crippen molar-refractivity contribution in [1.29, 1.82) is 0 Å². The molecule has 4 rings (SSSR count). The summed E-state index contributed by atoms with van der Waals surface area (Å²) in [5.74, 6) is 2.93. The number of hydrogen-bond donors (Lipinski definition) is 0. The maximum absolute atomic E-state index is 12.7. The average Bonchev–Trinajstić information content (AvgIpc) is 3.02. The predicted molar refractivity (Wildman–Crippen MR) is 77.4 cm³/mol. The fourth-order valence-electron chi connectivity index (χ4n) is 2.98. The van der Waals surface area contributed by atoms with Gasteiger partial charge < -0.3 is 13.8 Å². The summed E-state index contributed by atoms with van der Waals surface area (Å²) in [5, 5.41) is 4.10. The van der Waals surface area contributed by atoms with Crippen LogP contribution in [0, 0.1) is 0 Å². The Morgan fingerprint density at radius 2 is 2.23 bits per heavy atom. The quantitative estimate of drug-likeness (QED) is 0.867. The lowest BCUT2D eigenvalue weighted by molar-refractivity contribution is 0.0694. The van der Waals surface area contributed by atoms with Crippen molar-refractivity contribution in [3.8, 4) is 0 Å². The molecule has 1 unspecified atom stereocenters. The van der Waals surface area contributed by atoms with Gasteiger partial charge >= 0.3 is 0 Å². The van der Waals surface area contributed by atoms with Gasteiger partial charge in [-0.1, -0.05) is 12.1 Å². The first-order valence-corrected chi connectivity index (χ1v) is 7.99. The maximum atomic E-state index is 12.7. The zero-order valence-corrected chi connectivity index (χ0v) is 12.6. The summed E-state index contributed by atoms with van der Waals surface area (Å²) in [6.07, 6.45) is 4.86. The van der Waals surface area contributed by atoms with E-state index in [-0.39, 0.29) is 11.9 Å². The van der Waals surface area contributed by atoms with Crippen LogP contribution in [-0.4, -0.2) is 27.5 Å². The van der Waals surface area contributed by atoms with Crippen molar-refractivity contribution in [2.45, 2.75) is 51.0 Å². The van der Waals surface area contributed by atoms with E-state index in [1.165, 1.54) is 0 Å². The molecule has 1 amide bonds. The van der Waals surface area contributed by atoms with E-state index in [1.54, 1.807) is 11.0 Å². The van der Waals surface area contributed by atoms with E-state index in [0.717, 1.165) is 43.8 Å². The fourth-order valence-corrected chi connectivity index (χ4v) is 2.98. The first-order chi connectivity index (χ1) is 10.8. The van der Waals surface area contributed by atoms with Gasteiger partial charge in [0.1, 0.15) is 5.76 Å². The van der Waals surface area contributed by atoms with Gasteiger partial charge in [0.15, 0.2) is 11.6 Å². The zero-order chi connectivity index (χ0) is 15.1. The number of aryl methyl sites for hydroxylation is 1. The minimum absolute atomic E-state index is 0.0834. The highest BCUT2D eigenvalue weighted by Gasteiger charge is 2.37. The largest absolute Gasteiger partial charge is 0.456 e. The summed E-state index contributed by atoms with van der Waals surface area (Å²) in [7, 11) is 0. The van der Waals surface area contributed by atoms with Crippen LogP contribution < -0.4 is 0 Å². The molecule has 6 heteroatoms. The number of carbonyl (C=O) groups is 1. The van der Waals surface area contributed by atoms with Gasteiger partial charge in [-0.2, -0.15) is 4.98 Å². The molecule has 2 aromatic heterocycles. The molecular weight excluding hydrogens is 282 g/mol. The van der Waals surface area contributed by atoms with Crippen molar-refractivity contribution >= 4 is 5.91 Å². The van der Waals surface area contributed by atoms with Crippen LogP contribution in [0.5, 0.6) is 0 Å². The molecule has 2 fully saturated rings. The summed E-state index contributed by atoms with van der Waals surface area (Å²) in [5.41, 5.74) is 0. The van der Waals surface area contributed by atoms with E-state index in [2.05, 4.69) is 10.1 Å². The number of furan rings is 1. The number of rotatable bonds is 4. The van der Waals surface area contributed by atoms with E-state index in [4.69, 9.17) is 8.94 Å². The number of likely N-dealkylation sites (tertiary alicyclic amines) is 1. The normalized spacial score (nSPS) is 21.5. The van der Waals surface area contributed by atoms with Crippen LogP contribution in [0.2, 0.25) is 0 Å². The Bertz CT molecular complexity index is 686. The van der Waals surface area contributed by atoms with Crippen LogP contribution in [0.4, 0.5) is 0 Å². The molecule has 3 heterocycles. The first kappa shape index (κ1) is 13.5. The Balaban J connectivity index is 1.55. The molecule has 6 nitrogen and oxygen atoms in total. The molecule has 116 valence electrons. The molecule has 1 saturated carbocycles. The van der Waals surface area contributed by atoms with E-state index >= 15 is 0 Å². The molecule has 0 radical (unpaired) electrons. The molecule has 0 N–H and O–H groups in total. The Labute approximate surface area is 128 Å². The lowest BCUT2D eigenvalue weighted by Crippen LogP contribution is -2.30. The van der Waals surface area contributed by atoms with Crippen LogP contribution in [0.25, 0.3) is 0 Å². The van der Waals surface area contributed by atoms with Crippen molar-refractivity contribution in [2.75, 3.05) is 6.54 Å². The SMILES string of the molecule is CCc1ccc(C(=O)N2CCCC2c2noc(C3CC3)n2)o1. The highest BCUT2D eigenvalue weighted by atomic mass is 16.5. The van der Waals surface area contributed by atoms with Crippen molar-refractivity contribution < 1.29 is 13.7 Å². The number of nitrogens with zero attached hydrogens (tertiary/aromatic N) is 3. The Hall–Kier alpha value is -2.11. The molecule has 1 aliphatic heterocycles. The van der Waals surface area contributed by atoms with E-state index in [9.17, 15) is 4.79 Å². The summed E-state index contributed by atoms with van der Waals surface area (Å²) in [6, 6.07) is 3.51. The third-order valence-corrected chi connectivity index (χ3v) is 4.42. The smallest absolute Gasteiger partial charge is 0.290 e. The van der Waals surface area contributed by atoms with Gasteiger partial charge in [0.05, 0.1) is 6.04 Å². The fraction of sp³-hybridized carbons (Fsp3) is 0.562. The minimum atomic E-state index is -0.0982. The molecule has 1 aliphatic carbocycles. The predicted octanol–water partition coefficient (Wildman–Crippen LogP) is 3.08. The van der Waals surface area contributed by atoms with Crippen LogP contribution in [-0.2, 0) is 6.42 Å². The minimum Gasteiger partial charge on any atom is -0.456 e. The van der Waals surface area contributed by atoms with Crippen molar-refractivity contribution in [2.24, 2.45) is 0 Å². The molecule has 2 aromatic rings. The Morgan fingerprint density at radius 1 is 1.36 bits per heavy atom. The maximum Gasteiger partial charge on any atom is 0.290 e. The second-order valence-electron chi connectivity index (χ2n) is 6.04. The first-order valence-electron chi connectivity index (χ1n) is 7.99. The molecule has 1 saturated heterocycles. The topological polar surface area (TPSA) is 72.4 Å². The van der Waals surface area contributed by atoms with E-state index in [1.807, 2.05) is 13.0 Å². The number of aromatic nitrogens is 2. The zero-order valence-electron chi connectivity index (χ0n) is 12.6. The van der Waals surface area contributed by atoms with Gasteiger partial charge in [0.25, 0.3) is 5.91 Å². The lowest BCUT2D eigenvalue weighted by Gasteiger charge is -2.20. The number of amides is 1. The molecule has 0 bridgehead atoms. The highest BCUT2D eigenvalue weighted by Crippen LogP contribution is 2.40. The average molecular weight is 301 g/mol. The highest BCUT2D eigenvalue weighted by molar-refractivity contribution is 5.92. The van der Waals surface area contributed by atoms with E-state index < -0.39 is 0 Å². The number of hydrogen-bond acceptors (Lipinski definition) is 5. The molecule has 0 spiro atoms. The summed E-state index contributed by atoms with van der Waals surface area (Å²) in [6.45, 7) is 2.71. The van der Waals surface area contributed by atoms with E-state index in [0.29, 0.717) is 24.0 Å². The lowest BCUT2D eigenvalue weighted by atomic mass is 10.2. The Kier molecular flexibility index (Phi) is 3.24. The summed E-state index contributed by atoms with van der Waals surface area (Å²) < 4.78 is 10.9. The number of carbonyl (C=O) groups excluding carboxylic acids is 1. The molecular formula is C16H19N3O3. The molecule has 2 aliphatic rings. The van der Waals surface area contributed by atoms with Crippen LogP contribution in [0.15, 0.2) is 21.1 Å². The van der Waals surface area contributed by atoms with Gasteiger partial charge in [-0.25, -0.2) is 0 Å². The Morgan fingerprint density at radius 3 is 2.95 bits per heavy atom. The van der Waals surface area contributed by atoms with Crippen molar-refractivity contribution in [3.05, 3.63) is 35.4 Å². The third kappa shape index (κ3) is 2.32. The van der Waals surface area contributed by atoms with Gasteiger partial charge in [-0.3, -0.25) is 4.79 Å². The summed E-state index contributed by atoms with van der Waals surface area (Å²) >= 11 is 0. The second kappa shape index (κ2) is 5.26. The van der Waals surface area contributed by atoms with Crippen LogP contribution in [0.1, 0.15) is 72.6 Å². The van der Waals surface area contributed by atoms with Gasteiger partial charge in [0, 0.05) is 18.9 Å². The van der Waals surface area contributed by atoms with Gasteiger partial charge in [-0.05, 0) is 37.8 Å². The standard InChI is InChI=1S/C16H19N3O3/c1-2-11-7-8-13(21-11)16(20)19-9-3-4-12(19)14-17-15(22-18-14)10-5-6-10/h7-8,10,12H,2-6,9H2,1H3. The van der Waals surface area contributed by atoms with Gasteiger partial charge in [-0.15, -0.1) is 0 Å². The third-order valence-electron chi connectivity index (χ3n) is 4.42. The molecule has 22 heavy (non-hydrogen) atoms. The molecule has 0 aromatic carbocycles. The van der Waals surface area contributed by atoms with Gasteiger partial charge in [0.2, 0.25) is 5.89 Å². The monoisotopic (exact) mass is 301 g/mol. The summed E-state index contributed by atoms with van der Waals surface area (Å²) in [4.78, 5) is 19.0. The van der Waals surface area contributed by atoms with Crippen molar-refractivity contribution in [1.82, 2.24) is 15.0 Å².